The van der Waals surface area contributed by atoms with Gasteiger partial charge in [-0.2, -0.15) is 0 Å². The molecule has 1 aliphatic rings. The zero-order valence-corrected chi connectivity index (χ0v) is 12.6. The molecule has 0 spiro atoms. The van der Waals surface area contributed by atoms with Crippen LogP contribution in [0.3, 0.4) is 0 Å². The number of benzene rings is 2. The number of aromatic nitrogens is 2. The van der Waals surface area contributed by atoms with Gasteiger partial charge in [-0.1, -0.05) is 17.7 Å². The van der Waals surface area contributed by atoms with E-state index < -0.39 is 0 Å². The smallest absolute Gasteiger partial charge is 0.247 e. The van der Waals surface area contributed by atoms with Crippen molar-refractivity contribution in [2.75, 3.05) is 12.1 Å². The van der Waals surface area contributed by atoms with Gasteiger partial charge in [-0.05, 0) is 31.2 Å². The molecule has 0 fully saturated rings. The molecular formula is C17H15N3O3. The summed E-state index contributed by atoms with van der Waals surface area (Å²) in [6.07, 6.45) is 0. The molecule has 0 radical (unpaired) electrons. The lowest BCUT2D eigenvalue weighted by molar-refractivity contribution is 0.174. The Bertz CT molecular complexity index is 845. The summed E-state index contributed by atoms with van der Waals surface area (Å²) >= 11 is 0. The van der Waals surface area contributed by atoms with Crippen molar-refractivity contribution in [2.24, 2.45) is 0 Å². The average molecular weight is 309 g/mol. The van der Waals surface area contributed by atoms with Crippen LogP contribution in [0.15, 0.2) is 46.9 Å². The van der Waals surface area contributed by atoms with Crippen LogP contribution in [0, 0.1) is 6.92 Å². The summed E-state index contributed by atoms with van der Waals surface area (Å²) in [6.45, 7) is 2.74. The number of aryl methyl sites for hydroxylation is 1. The second kappa shape index (κ2) is 5.64. The topological polar surface area (TPSA) is 69.4 Å². The van der Waals surface area contributed by atoms with Crippen LogP contribution in [0.4, 0.5) is 5.69 Å². The van der Waals surface area contributed by atoms with Crippen LogP contribution in [0.5, 0.6) is 11.5 Å². The zero-order valence-electron chi connectivity index (χ0n) is 12.6. The first-order valence-electron chi connectivity index (χ1n) is 7.31. The molecule has 3 aromatic rings. The van der Waals surface area contributed by atoms with Crippen molar-refractivity contribution in [2.45, 2.75) is 13.5 Å². The molecule has 2 heterocycles. The normalized spacial score (nSPS) is 12.4. The van der Waals surface area contributed by atoms with Gasteiger partial charge in [0.25, 0.3) is 0 Å². The maximum absolute atomic E-state index is 5.70. The van der Waals surface area contributed by atoms with Gasteiger partial charge in [0.2, 0.25) is 18.6 Å². The van der Waals surface area contributed by atoms with E-state index in [9.17, 15) is 0 Å². The number of anilines is 1. The molecule has 0 unspecified atom stereocenters. The van der Waals surface area contributed by atoms with E-state index >= 15 is 0 Å². The highest BCUT2D eigenvalue weighted by Crippen LogP contribution is 2.34. The van der Waals surface area contributed by atoms with E-state index in [2.05, 4.69) is 15.5 Å². The fraction of sp³-hybridized carbons (Fsp3) is 0.176. The lowest BCUT2D eigenvalue weighted by Gasteiger charge is -2.04. The van der Waals surface area contributed by atoms with Crippen LogP contribution in [0.2, 0.25) is 0 Å². The average Bonchev–Trinajstić information content (AvgIpc) is 3.21. The van der Waals surface area contributed by atoms with Gasteiger partial charge in [0, 0.05) is 17.3 Å². The van der Waals surface area contributed by atoms with Gasteiger partial charge >= 0.3 is 0 Å². The molecule has 6 heteroatoms. The number of fused-ring (bicyclic) bond motifs is 1. The summed E-state index contributed by atoms with van der Waals surface area (Å²) in [4.78, 5) is 0. The number of hydrogen-bond acceptors (Lipinski definition) is 6. The highest BCUT2D eigenvalue weighted by Gasteiger charge is 2.14. The van der Waals surface area contributed by atoms with Crippen LogP contribution in [-0.4, -0.2) is 17.0 Å². The fourth-order valence-electron chi connectivity index (χ4n) is 2.40. The molecule has 1 aromatic heterocycles. The Morgan fingerprint density at radius 2 is 1.96 bits per heavy atom. The monoisotopic (exact) mass is 309 g/mol. The molecule has 0 saturated carbocycles. The first-order chi connectivity index (χ1) is 11.3. The van der Waals surface area contributed by atoms with Crippen molar-refractivity contribution < 1.29 is 13.9 Å². The molecule has 1 N–H and O–H groups in total. The molecule has 0 amide bonds. The Labute approximate surface area is 133 Å². The fourth-order valence-corrected chi connectivity index (χ4v) is 2.40. The van der Waals surface area contributed by atoms with Crippen LogP contribution in [-0.2, 0) is 6.54 Å². The largest absolute Gasteiger partial charge is 0.454 e. The Morgan fingerprint density at radius 1 is 1.04 bits per heavy atom. The zero-order chi connectivity index (χ0) is 15.6. The number of ether oxygens (including phenoxy) is 2. The van der Waals surface area contributed by atoms with Gasteiger partial charge in [-0.3, -0.25) is 0 Å². The molecule has 0 saturated heterocycles. The van der Waals surface area contributed by atoms with E-state index in [0.29, 0.717) is 18.3 Å². The van der Waals surface area contributed by atoms with Crippen molar-refractivity contribution >= 4 is 5.69 Å². The summed E-state index contributed by atoms with van der Waals surface area (Å²) in [5.41, 5.74) is 2.98. The van der Waals surface area contributed by atoms with Crippen LogP contribution in [0.25, 0.3) is 11.5 Å². The summed E-state index contributed by atoms with van der Waals surface area (Å²) in [5, 5.41) is 11.4. The van der Waals surface area contributed by atoms with Gasteiger partial charge < -0.3 is 19.2 Å². The summed E-state index contributed by atoms with van der Waals surface area (Å²) in [5.74, 6) is 2.55. The van der Waals surface area contributed by atoms with E-state index in [4.69, 9.17) is 13.9 Å². The van der Waals surface area contributed by atoms with Crippen LogP contribution < -0.4 is 14.8 Å². The molecular weight excluding hydrogens is 294 g/mol. The summed E-state index contributed by atoms with van der Waals surface area (Å²) < 4.78 is 16.3. The third kappa shape index (κ3) is 2.83. The maximum Gasteiger partial charge on any atom is 0.247 e. The number of nitrogens with one attached hydrogen (secondary N) is 1. The molecule has 6 nitrogen and oxygen atoms in total. The Balaban J connectivity index is 1.46. The SMILES string of the molecule is Cc1cccc(-c2nnc(CNc3ccc4c(c3)OCO4)o2)c1. The quantitative estimate of drug-likeness (QED) is 0.796. The molecule has 1 aliphatic heterocycles. The minimum atomic E-state index is 0.266. The third-order valence-electron chi connectivity index (χ3n) is 3.55. The molecule has 23 heavy (non-hydrogen) atoms. The highest BCUT2D eigenvalue weighted by molar-refractivity contribution is 5.56. The molecule has 4 rings (SSSR count). The Hall–Kier alpha value is -3.02. The number of rotatable bonds is 4. The lowest BCUT2D eigenvalue weighted by atomic mass is 10.1. The number of hydrogen-bond donors (Lipinski definition) is 1. The molecule has 116 valence electrons. The predicted octanol–water partition coefficient (Wildman–Crippen LogP) is 3.39. The van der Waals surface area contributed by atoms with Crippen molar-refractivity contribution in [1.82, 2.24) is 10.2 Å². The van der Waals surface area contributed by atoms with Crippen molar-refractivity contribution in [3.8, 4) is 23.0 Å². The van der Waals surface area contributed by atoms with Crippen LogP contribution >= 0.6 is 0 Å². The molecule has 0 atom stereocenters. The highest BCUT2D eigenvalue weighted by atomic mass is 16.7. The van der Waals surface area contributed by atoms with E-state index in [1.165, 1.54) is 0 Å². The minimum Gasteiger partial charge on any atom is -0.454 e. The van der Waals surface area contributed by atoms with Gasteiger partial charge in [-0.15, -0.1) is 10.2 Å². The van der Waals surface area contributed by atoms with E-state index in [1.54, 1.807) is 0 Å². The molecule has 0 aliphatic carbocycles. The van der Waals surface area contributed by atoms with Crippen molar-refractivity contribution in [3.05, 3.63) is 53.9 Å². The van der Waals surface area contributed by atoms with Crippen LogP contribution in [0.1, 0.15) is 11.5 Å². The van der Waals surface area contributed by atoms with E-state index in [-0.39, 0.29) is 6.79 Å². The predicted molar refractivity (Wildman–Crippen MR) is 84.4 cm³/mol. The first kappa shape index (κ1) is 13.6. The van der Waals surface area contributed by atoms with Crippen molar-refractivity contribution in [1.29, 1.82) is 0 Å². The standard InChI is InChI=1S/C17H15N3O3/c1-11-3-2-4-12(7-11)17-20-19-16(23-17)9-18-13-5-6-14-15(8-13)22-10-21-14/h2-8,18H,9-10H2,1H3. The van der Waals surface area contributed by atoms with E-state index in [1.807, 2.05) is 49.4 Å². The lowest BCUT2D eigenvalue weighted by Crippen LogP contribution is -1.99. The second-order valence-corrected chi connectivity index (χ2v) is 5.29. The van der Waals surface area contributed by atoms with Gasteiger partial charge in [0.1, 0.15) is 0 Å². The second-order valence-electron chi connectivity index (χ2n) is 5.29. The van der Waals surface area contributed by atoms with Gasteiger partial charge in [0.05, 0.1) is 6.54 Å². The summed E-state index contributed by atoms with van der Waals surface area (Å²) in [6, 6.07) is 13.7. The Kier molecular flexibility index (Phi) is 3.34. The molecule has 2 aromatic carbocycles. The molecule has 0 bridgehead atoms. The van der Waals surface area contributed by atoms with E-state index in [0.717, 1.165) is 28.3 Å². The third-order valence-corrected chi connectivity index (χ3v) is 3.55. The summed E-state index contributed by atoms with van der Waals surface area (Å²) in [7, 11) is 0. The minimum absolute atomic E-state index is 0.266. The number of nitrogens with zero attached hydrogens (tertiary/aromatic N) is 2. The van der Waals surface area contributed by atoms with Gasteiger partial charge in [0.15, 0.2) is 11.5 Å². The van der Waals surface area contributed by atoms with Crippen molar-refractivity contribution in [3.63, 3.8) is 0 Å². The maximum atomic E-state index is 5.70. The first-order valence-corrected chi connectivity index (χ1v) is 7.31. The van der Waals surface area contributed by atoms with Gasteiger partial charge in [-0.25, -0.2) is 0 Å². The Morgan fingerprint density at radius 3 is 2.87 bits per heavy atom.